The average Bonchev–Trinajstić information content (AvgIpc) is 2.03. The molecule has 1 amide bonds. The fourth-order valence-electron chi connectivity index (χ4n) is 0.819. The Morgan fingerprint density at radius 3 is 2.85 bits per heavy atom. The normalized spacial score (nSPS) is 10.2. The Labute approximate surface area is 85.1 Å². The van der Waals surface area contributed by atoms with E-state index in [0.717, 1.165) is 0 Å². The minimum Gasteiger partial charge on any atom is -0.285 e. The lowest BCUT2D eigenvalue weighted by molar-refractivity contribution is 0.0855. The number of amides is 1. The van der Waals surface area contributed by atoms with Gasteiger partial charge in [0, 0.05) is 20.3 Å². The molecule has 0 bridgehead atoms. The highest BCUT2D eigenvalue weighted by Gasteiger charge is 2.09. The summed E-state index contributed by atoms with van der Waals surface area (Å²) < 4.78 is 0.550. The van der Waals surface area contributed by atoms with Gasteiger partial charge in [0.2, 0.25) is 0 Å². The van der Waals surface area contributed by atoms with Gasteiger partial charge in [0.05, 0.1) is 5.56 Å². The third kappa shape index (κ3) is 2.78. The first-order chi connectivity index (χ1) is 6.11. The van der Waals surface area contributed by atoms with Crippen molar-refractivity contribution in [2.75, 3.05) is 14.1 Å². The highest BCUT2D eigenvalue weighted by atomic mass is 79.9. The molecule has 13 heavy (non-hydrogen) atoms. The second-order valence-corrected chi connectivity index (χ2v) is 3.43. The van der Waals surface area contributed by atoms with Crippen LogP contribution in [0.5, 0.6) is 0 Å². The highest BCUT2D eigenvalue weighted by molar-refractivity contribution is 9.10. The SMILES string of the molecule is CN(C)NC(=O)c1cccnc1Br. The Kier molecular flexibility index (Phi) is 3.39. The number of hydrogen-bond acceptors (Lipinski definition) is 3. The fraction of sp³-hybridized carbons (Fsp3) is 0.250. The molecule has 0 aromatic carbocycles. The van der Waals surface area contributed by atoms with Gasteiger partial charge in [0.25, 0.3) is 5.91 Å². The topological polar surface area (TPSA) is 45.2 Å². The van der Waals surface area contributed by atoms with Crippen LogP contribution in [-0.2, 0) is 0 Å². The molecule has 1 heterocycles. The molecule has 0 atom stereocenters. The van der Waals surface area contributed by atoms with Crippen molar-refractivity contribution in [1.29, 1.82) is 0 Å². The molecule has 0 aliphatic heterocycles. The van der Waals surface area contributed by atoms with E-state index in [1.165, 1.54) is 0 Å². The van der Waals surface area contributed by atoms with Gasteiger partial charge in [-0.2, -0.15) is 0 Å². The van der Waals surface area contributed by atoms with E-state index in [2.05, 4.69) is 26.3 Å². The van der Waals surface area contributed by atoms with Crippen LogP contribution in [0, 0.1) is 0 Å². The standard InChI is InChI=1S/C8H10BrN3O/c1-12(2)11-8(13)6-4-3-5-10-7(6)9/h3-5H,1-2H3,(H,11,13). The van der Waals surface area contributed by atoms with Crippen molar-refractivity contribution in [2.45, 2.75) is 0 Å². The monoisotopic (exact) mass is 243 g/mol. The van der Waals surface area contributed by atoms with Crippen LogP contribution in [-0.4, -0.2) is 30.0 Å². The van der Waals surface area contributed by atoms with E-state index in [9.17, 15) is 4.79 Å². The summed E-state index contributed by atoms with van der Waals surface area (Å²) in [5, 5.41) is 1.59. The maximum absolute atomic E-state index is 11.5. The third-order valence-corrected chi connectivity index (χ3v) is 1.96. The molecule has 1 aromatic rings. The van der Waals surface area contributed by atoms with Crippen LogP contribution in [0.4, 0.5) is 0 Å². The van der Waals surface area contributed by atoms with E-state index in [0.29, 0.717) is 10.2 Å². The van der Waals surface area contributed by atoms with Gasteiger partial charge in [0.1, 0.15) is 4.60 Å². The van der Waals surface area contributed by atoms with Gasteiger partial charge in [-0.25, -0.2) is 9.99 Å². The van der Waals surface area contributed by atoms with Gasteiger partial charge >= 0.3 is 0 Å². The Morgan fingerprint density at radius 2 is 2.31 bits per heavy atom. The van der Waals surface area contributed by atoms with Gasteiger partial charge in [-0.3, -0.25) is 10.2 Å². The lowest BCUT2D eigenvalue weighted by atomic mass is 10.3. The highest BCUT2D eigenvalue weighted by Crippen LogP contribution is 2.11. The number of halogens is 1. The van der Waals surface area contributed by atoms with E-state index in [1.807, 2.05) is 0 Å². The van der Waals surface area contributed by atoms with Crippen LogP contribution >= 0.6 is 15.9 Å². The summed E-state index contributed by atoms with van der Waals surface area (Å²) in [6.45, 7) is 0. The maximum atomic E-state index is 11.5. The smallest absolute Gasteiger partial charge is 0.268 e. The molecule has 4 nitrogen and oxygen atoms in total. The molecule has 0 saturated carbocycles. The van der Waals surface area contributed by atoms with E-state index in [1.54, 1.807) is 37.4 Å². The first-order valence-corrected chi connectivity index (χ1v) is 4.49. The number of rotatable bonds is 2. The van der Waals surface area contributed by atoms with Gasteiger partial charge in [0.15, 0.2) is 0 Å². The molecule has 0 saturated heterocycles. The Bertz CT molecular complexity index is 314. The molecule has 70 valence electrons. The van der Waals surface area contributed by atoms with E-state index < -0.39 is 0 Å². The predicted molar refractivity (Wildman–Crippen MR) is 53.1 cm³/mol. The van der Waals surface area contributed by atoms with Crippen LogP contribution in [0.25, 0.3) is 0 Å². The summed E-state index contributed by atoms with van der Waals surface area (Å²) in [6, 6.07) is 3.42. The first-order valence-electron chi connectivity index (χ1n) is 3.70. The van der Waals surface area contributed by atoms with Crippen LogP contribution in [0.15, 0.2) is 22.9 Å². The average molecular weight is 244 g/mol. The summed E-state index contributed by atoms with van der Waals surface area (Å²) in [4.78, 5) is 15.4. The van der Waals surface area contributed by atoms with Crippen LogP contribution in [0.3, 0.4) is 0 Å². The fourth-order valence-corrected chi connectivity index (χ4v) is 1.25. The summed E-state index contributed by atoms with van der Waals surface area (Å²) >= 11 is 3.20. The zero-order valence-electron chi connectivity index (χ0n) is 7.41. The molecule has 1 N–H and O–H groups in total. The summed E-state index contributed by atoms with van der Waals surface area (Å²) in [5.41, 5.74) is 3.15. The molecule has 0 unspecified atom stereocenters. The number of hydrazine groups is 1. The molecular weight excluding hydrogens is 234 g/mol. The van der Waals surface area contributed by atoms with Gasteiger partial charge in [-0.15, -0.1) is 0 Å². The number of nitrogens with one attached hydrogen (secondary N) is 1. The summed E-state index contributed by atoms with van der Waals surface area (Å²) in [5.74, 6) is -0.176. The van der Waals surface area contributed by atoms with E-state index in [4.69, 9.17) is 0 Å². The molecule has 1 aromatic heterocycles. The molecular formula is C8H10BrN3O. The molecule has 0 fully saturated rings. The number of aromatic nitrogens is 1. The minimum atomic E-state index is -0.176. The number of nitrogens with zero attached hydrogens (tertiary/aromatic N) is 2. The molecule has 0 radical (unpaired) electrons. The summed E-state index contributed by atoms with van der Waals surface area (Å²) in [7, 11) is 3.50. The van der Waals surface area contributed by atoms with Crippen molar-refractivity contribution in [3.63, 3.8) is 0 Å². The van der Waals surface area contributed by atoms with E-state index in [-0.39, 0.29) is 5.91 Å². The van der Waals surface area contributed by atoms with Crippen molar-refractivity contribution in [1.82, 2.24) is 15.4 Å². The van der Waals surface area contributed by atoms with Crippen LogP contribution in [0.1, 0.15) is 10.4 Å². The second-order valence-electron chi connectivity index (χ2n) is 2.68. The van der Waals surface area contributed by atoms with Crippen molar-refractivity contribution >= 4 is 21.8 Å². The van der Waals surface area contributed by atoms with Gasteiger partial charge < -0.3 is 0 Å². The minimum absolute atomic E-state index is 0.176. The first kappa shape index (κ1) is 10.1. The molecule has 1 rings (SSSR count). The van der Waals surface area contributed by atoms with Crippen LogP contribution < -0.4 is 5.43 Å². The Morgan fingerprint density at radius 1 is 1.62 bits per heavy atom. The van der Waals surface area contributed by atoms with Crippen molar-refractivity contribution in [2.24, 2.45) is 0 Å². The zero-order chi connectivity index (χ0) is 9.84. The molecule has 0 spiro atoms. The molecule has 0 aliphatic rings. The number of carbonyl (C=O) groups excluding carboxylic acids is 1. The van der Waals surface area contributed by atoms with Crippen molar-refractivity contribution in [3.8, 4) is 0 Å². The number of carbonyl (C=O) groups is 1. The van der Waals surface area contributed by atoms with Crippen LogP contribution in [0.2, 0.25) is 0 Å². The quantitative estimate of drug-likeness (QED) is 0.624. The maximum Gasteiger partial charge on any atom is 0.268 e. The van der Waals surface area contributed by atoms with Crippen molar-refractivity contribution in [3.05, 3.63) is 28.5 Å². The second kappa shape index (κ2) is 4.34. The predicted octanol–water partition coefficient (Wildman–Crippen LogP) is 1.05. The molecule has 5 heteroatoms. The Balaban J connectivity index is 2.83. The lowest BCUT2D eigenvalue weighted by Gasteiger charge is -2.11. The largest absolute Gasteiger partial charge is 0.285 e. The van der Waals surface area contributed by atoms with Gasteiger partial charge in [-0.1, -0.05) is 0 Å². The van der Waals surface area contributed by atoms with Gasteiger partial charge in [-0.05, 0) is 28.1 Å². The van der Waals surface area contributed by atoms with Crippen molar-refractivity contribution < 1.29 is 4.79 Å². The third-order valence-electron chi connectivity index (χ3n) is 1.33. The number of pyridine rings is 1. The number of hydrogen-bond donors (Lipinski definition) is 1. The lowest BCUT2D eigenvalue weighted by Crippen LogP contribution is -2.36. The zero-order valence-corrected chi connectivity index (χ0v) is 9.00. The molecule has 0 aliphatic carbocycles. The Hall–Kier alpha value is -0.940. The summed E-state index contributed by atoms with van der Waals surface area (Å²) in [6.07, 6.45) is 1.62. The van der Waals surface area contributed by atoms with E-state index >= 15 is 0 Å².